The van der Waals surface area contributed by atoms with Gasteiger partial charge in [-0.15, -0.1) is 0 Å². The van der Waals surface area contributed by atoms with E-state index in [0.717, 1.165) is 30.7 Å². The fraction of sp³-hybridized carbons (Fsp3) is 0.350. The van der Waals surface area contributed by atoms with Crippen molar-refractivity contribution in [1.82, 2.24) is 4.90 Å². The predicted octanol–water partition coefficient (Wildman–Crippen LogP) is 3.69. The minimum absolute atomic E-state index is 0.0233. The molecule has 1 fully saturated rings. The normalized spacial score (nSPS) is 16.6. The Labute approximate surface area is 148 Å². The van der Waals surface area contributed by atoms with E-state index in [-0.39, 0.29) is 11.9 Å². The van der Waals surface area contributed by atoms with Gasteiger partial charge in [0.2, 0.25) is 0 Å². The van der Waals surface area contributed by atoms with Crippen molar-refractivity contribution in [3.05, 3.63) is 53.6 Å². The fourth-order valence-electron chi connectivity index (χ4n) is 3.34. The Morgan fingerprint density at radius 3 is 2.48 bits per heavy atom. The van der Waals surface area contributed by atoms with Crippen LogP contribution in [-0.4, -0.2) is 38.7 Å². The highest BCUT2D eigenvalue weighted by molar-refractivity contribution is 5.97. The van der Waals surface area contributed by atoms with Gasteiger partial charge in [-0.3, -0.25) is 4.79 Å². The van der Waals surface area contributed by atoms with Crippen molar-refractivity contribution in [3.8, 4) is 17.2 Å². The van der Waals surface area contributed by atoms with Gasteiger partial charge in [0.25, 0.3) is 5.91 Å². The maximum atomic E-state index is 13.1. The van der Waals surface area contributed by atoms with E-state index in [1.807, 2.05) is 29.2 Å². The molecule has 1 atom stereocenters. The number of rotatable bonds is 5. The molecule has 1 aliphatic rings. The second-order valence-corrected chi connectivity index (χ2v) is 6.00. The van der Waals surface area contributed by atoms with Crippen LogP contribution in [0.3, 0.4) is 0 Å². The molecule has 0 saturated carbocycles. The first-order chi connectivity index (χ1) is 12.2. The third kappa shape index (κ3) is 3.40. The van der Waals surface area contributed by atoms with Crippen LogP contribution in [0.25, 0.3) is 0 Å². The molecule has 25 heavy (non-hydrogen) atoms. The zero-order chi connectivity index (χ0) is 17.8. The summed E-state index contributed by atoms with van der Waals surface area (Å²) in [5.74, 6) is 1.98. The number of methoxy groups -OCH3 is 3. The van der Waals surface area contributed by atoms with E-state index in [1.54, 1.807) is 39.5 Å². The summed E-state index contributed by atoms with van der Waals surface area (Å²) in [4.78, 5) is 15.1. The molecule has 0 radical (unpaired) electrons. The van der Waals surface area contributed by atoms with Gasteiger partial charge in [-0.1, -0.05) is 12.1 Å². The Balaban J connectivity index is 1.90. The number of amides is 1. The van der Waals surface area contributed by atoms with Crippen molar-refractivity contribution in [2.24, 2.45) is 0 Å². The summed E-state index contributed by atoms with van der Waals surface area (Å²) in [7, 11) is 4.81. The monoisotopic (exact) mass is 341 g/mol. The summed E-state index contributed by atoms with van der Waals surface area (Å²) in [6.07, 6.45) is 1.92. The number of likely N-dealkylation sites (tertiary alicyclic amines) is 1. The molecular weight excluding hydrogens is 318 g/mol. The van der Waals surface area contributed by atoms with Gasteiger partial charge in [0.05, 0.1) is 32.9 Å². The second kappa shape index (κ2) is 7.47. The Hall–Kier alpha value is -2.69. The number of carbonyl (C=O) groups excluding carboxylic acids is 1. The number of hydrogen-bond acceptors (Lipinski definition) is 4. The molecule has 1 amide bonds. The lowest BCUT2D eigenvalue weighted by Gasteiger charge is -2.26. The molecule has 0 bridgehead atoms. The zero-order valence-corrected chi connectivity index (χ0v) is 14.8. The lowest BCUT2D eigenvalue weighted by Crippen LogP contribution is -2.30. The standard InChI is InChI=1S/C20H23NO4/c1-23-15-7-4-6-14(12-15)18-8-5-11-21(18)20(22)17-10-9-16(24-2)13-19(17)25-3/h4,6-7,9-10,12-13,18H,5,8,11H2,1-3H3. The Kier molecular flexibility index (Phi) is 5.12. The first-order valence-electron chi connectivity index (χ1n) is 8.35. The Morgan fingerprint density at radius 1 is 1.00 bits per heavy atom. The predicted molar refractivity (Wildman–Crippen MR) is 95.6 cm³/mol. The molecular formula is C20H23NO4. The number of ether oxygens (including phenoxy) is 3. The summed E-state index contributed by atoms with van der Waals surface area (Å²) >= 11 is 0. The highest BCUT2D eigenvalue weighted by Gasteiger charge is 2.32. The van der Waals surface area contributed by atoms with E-state index in [0.29, 0.717) is 17.1 Å². The van der Waals surface area contributed by atoms with Crippen molar-refractivity contribution < 1.29 is 19.0 Å². The van der Waals surface area contributed by atoms with Crippen LogP contribution >= 0.6 is 0 Å². The fourth-order valence-corrected chi connectivity index (χ4v) is 3.34. The van der Waals surface area contributed by atoms with Gasteiger partial charge in [0, 0.05) is 12.6 Å². The summed E-state index contributed by atoms with van der Waals surface area (Å²) in [5.41, 5.74) is 1.65. The maximum Gasteiger partial charge on any atom is 0.258 e. The van der Waals surface area contributed by atoms with Gasteiger partial charge in [-0.2, -0.15) is 0 Å². The lowest BCUT2D eigenvalue weighted by atomic mass is 10.0. The largest absolute Gasteiger partial charge is 0.497 e. The van der Waals surface area contributed by atoms with Crippen LogP contribution in [0.15, 0.2) is 42.5 Å². The molecule has 5 nitrogen and oxygen atoms in total. The van der Waals surface area contributed by atoms with Crippen LogP contribution in [0.5, 0.6) is 17.2 Å². The van der Waals surface area contributed by atoms with E-state index in [2.05, 4.69) is 0 Å². The van der Waals surface area contributed by atoms with E-state index >= 15 is 0 Å². The number of nitrogens with zero attached hydrogens (tertiary/aromatic N) is 1. The van der Waals surface area contributed by atoms with Crippen molar-refractivity contribution in [2.45, 2.75) is 18.9 Å². The minimum Gasteiger partial charge on any atom is -0.497 e. The average molecular weight is 341 g/mol. The third-order valence-corrected chi connectivity index (χ3v) is 4.63. The molecule has 132 valence electrons. The molecule has 0 aromatic heterocycles. The summed E-state index contributed by atoms with van der Waals surface area (Å²) in [5, 5.41) is 0. The van der Waals surface area contributed by atoms with Crippen LogP contribution in [0, 0.1) is 0 Å². The molecule has 5 heteroatoms. The average Bonchev–Trinajstić information content (AvgIpc) is 3.16. The Morgan fingerprint density at radius 2 is 1.76 bits per heavy atom. The molecule has 0 aliphatic carbocycles. The molecule has 2 aromatic rings. The number of hydrogen-bond donors (Lipinski definition) is 0. The summed E-state index contributed by atoms with van der Waals surface area (Å²) in [6, 6.07) is 13.3. The Bertz CT molecular complexity index is 759. The molecule has 1 saturated heterocycles. The maximum absolute atomic E-state index is 13.1. The van der Waals surface area contributed by atoms with Gasteiger partial charge in [-0.05, 0) is 42.7 Å². The molecule has 0 spiro atoms. The van der Waals surface area contributed by atoms with E-state index < -0.39 is 0 Å². The highest BCUT2D eigenvalue weighted by Crippen LogP contribution is 2.36. The molecule has 2 aromatic carbocycles. The minimum atomic E-state index is -0.0233. The van der Waals surface area contributed by atoms with Gasteiger partial charge >= 0.3 is 0 Å². The molecule has 3 rings (SSSR count). The number of carbonyl (C=O) groups is 1. The van der Waals surface area contributed by atoms with Crippen molar-refractivity contribution in [2.75, 3.05) is 27.9 Å². The van der Waals surface area contributed by atoms with E-state index in [1.165, 1.54) is 0 Å². The van der Waals surface area contributed by atoms with Crippen molar-refractivity contribution in [1.29, 1.82) is 0 Å². The van der Waals surface area contributed by atoms with Crippen LogP contribution in [0.1, 0.15) is 34.8 Å². The van der Waals surface area contributed by atoms with E-state index in [9.17, 15) is 4.79 Å². The quantitative estimate of drug-likeness (QED) is 0.832. The summed E-state index contributed by atoms with van der Waals surface area (Å²) in [6.45, 7) is 0.732. The third-order valence-electron chi connectivity index (χ3n) is 4.63. The van der Waals surface area contributed by atoms with Crippen molar-refractivity contribution in [3.63, 3.8) is 0 Å². The van der Waals surface area contributed by atoms with E-state index in [4.69, 9.17) is 14.2 Å². The zero-order valence-electron chi connectivity index (χ0n) is 14.8. The van der Waals surface area contributed by atoms with Crippen LogP contribution < -0.4 is 14.2 Å². The summed E-state index contributed by atoms with van der Waals surface area (Å²) < 4.78 is 15.9. The highest BCUT2D eigenvalue weighted by atomic mass is 16.5. The topological polar surface area (TPSA) is 48.0 Å². The first-order valence-corrected chi connectivity index (χ1v) is 8.35. The smallest absolute Gasteiger partial charge is 0.258 e. The van der Waals surface area contributed by atoms with Gasteiger partial charge in [-0.25, -0.2) is 0 Å². The lowest BCUT2D eigenvalue weighted by molar-refractivity contribution is 0.0732. The SMILES string of the molecule is COc1cccc(C2CCCN2C(=O)c2ccc(OC)cc2OC)c1. The van der Waals surface area contributed by atoms with Gasteiger partial charge in [0.1, 0.15) is 17.2 Å². The first kappa shape index (κ1) is 17.1. The molecule has 1 aliphatic heterocycles. The van der Waals surface area contributed by atoms with Crippen LogP contribution in [0.4, 0.5) is 0 Å². The van der Waals surface area contributed by atoms with Gasteiger partial charge in [0.15, 0.2) is 0 Å². The molecule has 0 N–H and O–H groups in total. The molecule has 1 heterocycles. The van der Waals surface area contributed by atoms with Crippen molar-refractivity contribution >= 4 is 5.91 Å². The van der Waals surface area contributed by atoms with Crippen LogP contribution in [-0.2, 0) is 0 Å². The molecule has 1 unspecified atom stereocenters. The van der Waals surface area contributed by atoms with Gasteiger partial charge < -0.3 is 19.1 Å². The second-order valence-electron chi connectivity index (χ2n) is 6.00. The van der Waals surface area contributed by atoms with Crippen LogP contribution in [0.2, 0.25) is 0 Å². The number of benzene rings is 2.